The lowest BCUT2D eigenvalue weighted by Crippen LogP contribution is -2.41. The van der Waals surface area contributed by atoms with Crippen molar-refractivity contribution in [3.63, 3.8) is 0 Å². The van der Waals surface area contributed by atoms with Crippen molar-refractivity contribution in [2.24, 2.45) is 5.92 Å². The van der Waals surface area contributed by atoms with E-state index in [-0.39, 0.29) is 12.5 Å². The number of fused-ring (bicyclic) bond motifs is 2. The second-order valence-corrected chi connectivity index (χ2v) is 4.90. The first-order valence-electron chi connectivity index (χ1n) is 5.86. The van der Waals surface area contributed by atoms with Crippen molar-refractivity contribution in [1.29, 1.82) is 0 Å². The summed E-state index contributed by atoms with van der Waals surface area (Å²) in [4.78, 5) is 24.8. The number of H-pyrrole nitrogens is 1. The molecule has 1 aliphatic heterocycles. The van der Waals surface area contributed by atoms with Gasteiger partial charge in [-0.25, -0.2) is 4.79 Å². The molecule has 3 rings (SSSR count). The van der Waals surface area contributed by atoms with Crippen LogP contribution in [0.1, 0.15) is 19.1 Å². The van der Waals surface area contributed by atoms with Crippen LogP contribution in [0.4, 0.5) is 0 Å². The molecule has 4 atom stereocenters. The van der Waals surface area contributed by atoms with Crippen molar-refractivity contribution in [3.8, 4) is 0 Å². The highest BCUT2D eigenvalue weighted by molar-refractivity contribution is 5.07. The molecular weight excluding hydrogens is 240 g/mol. The summed E-state index contributed by atoms with van der Waals surface area (Å²) >= 11 is 0. The van der Waals surface area contributed by atoms with Crippen LogP contribution in [0.5, 0.6) is 0 Å². The summed E-state index contributed by atoms with van der Waals surface area (Å²) in [5.41, 5.74) is -2.01. The maximum absolute atomic E-state index is 11.7. The molecule has 1 saturated heterocycles. The predicted molar refractivity (Wildman–Crippen MR) is 60.0 cm³/mol. The zero-order chi connectivity index (χ0) is 12.9. The molecule has 1 aromatic heterocycles. The molecular formula is C11H14N2O5. The molecule has 0 radical (unpaired) electrons. The Hall–Kier alpha value is -1.44. The first kappa shape index (κ1) is 11.6. The van der Waals surface area contributed by atoms with E-state index in [0.717, 1.165) is 0 Å². The number of nitrogens with zero attached hydrogens (tertiary/aromatic N) is 1. The molecule has 1 aliphatic carbocycles. The van der Waals surface area contributed by atoms with E-state index >= 15 is 0 Å². The molecule has 18 heavy (non-hydrogen) atoms. The summed E-state index contributed by atoms with van der Waals surface area (Å²) in [6, 6.07) is 1.23. The normalized spacial score (nSPS) is 38.2. The first-order valence-corrected chi connectivity index (χ1v) is 5.86. The standard InChI is InChI=1S/C11H14N2O5/c14-5-11-3-1-6(8(11)16)9(18-11)13-4-2-7(15)12-10(13)17/h2,4,6,8-9,14,16H,1,3,5H2,(H,12,15,17)/t6-,8+,9-,11-/m1/s1. The minimum absolute atomic E-state index is 0.235. The van der Waals surface area contributed by atoms with Gasteiger partial charge < -0.3 is 14.9 Å². The lowest BCUT2D eigenvalue weighted by atomic mass is 10.0. The molecule has 7 heteroatoms. The average Bonchev–Trinajstić information content (AvgIpc) is 2.81. The van der Waals surface area contributed by atoms with Crippen LogP contribution < -0.4 is 11.2 Å². The highest BCUT2D eigenvalue weighted by Crippen LogP contribution is 2.51. The maximum Gasteiger partial charge on any atom is 0.330 e. The molecule has 2 bridgehead atoms. The van der Waals surface area contributed by atoms with Crippen LogP contribution in [0.2, 0.25) is 0 Å². The summed E-state index contributed by atoms with van der Waals surface area (Å²) in [5.74, 6) is -0.235. The summed E-state index contributed by atoms with van der Waals surface area (Å²) in [6.07, 6.45) is 1.18. The number of aromatic amines is 1. The Labute approximate surface area is 102 Å². The number of ether oxygens (including phenoxy) is 1. The van der Waals surface area contributed by atoms with E-state index < -0.39 is 29.2 Å². The van der Waals surface area contributed by atoms with Crippen LogP contribution in [-0.4, -0.2) is 38.1 Å². The monoisotopic (exact) mass is 254 g/mol. The van der Waals surface area contributed by atoms with Gasteiger partial charge in [0.2, 0.25) is 0 Å². The van der Waals surface area contributed by atoms with E-state index in [9.17, 15) is 19.8 Å². The van der Waals surface area contributed by atoms with E-state index in [2.05, 4.69) is 4.98 Å². The zero-order valence-electron chi connectivity index (χ0n) is 9.57. The SMILES string of the molecule is O=c1ccn([C@@H]2O[C@@]3(CO)CC[C@@H]2[C@@H]3O)c(=O)[nH]1. The van der Waals surface area contributed by atoms with Gasteiger partial charge in [-0.1, -0.05) is 0 Å². The van der Waals surface area contributed by atoms with Gasteiger partial charge in [0.25, 0.3) is 5.56 Å². The van der Waals surface area contributed by atoms with Gasteiger partial charge in [-0.15, -0.1) is 0 Å². The fourth-order valence-corrected chi connectivity index (χ4v) is 2.96. The Morgan fingerprint density at radius 2 is 2.33 bits per heavy atom. The third-order valence-corrected chi connectivity index (χ3v) is 3.96. The van der Waals surface area contributed by atoms with Crippen LogP contribution in [0.15, 0.2) is 21.9 Å². The maximum atomic E-state index is 11.7. The number of aliphatic hydroxyl groups excluding tert-OH is 2. The molecule has 1 saturated carbocycles. The van der Waals surface area contributed by atoms with Crippen molar-refractivity contribution in [1.82, 2.24) is 9.55 Å². The molecule has 0 amide bonds. The predicted octanol–water partition coefficient (Wildman–Crippen LogP) is -1.43. The minimum atomic E-state index is -0.967. The molecule has 0 aromatic carbocycles. The molecule has 98 valence electrons. The first-order chi connectivity index (χ1) is 8.57. The Morgan fingerprint density at radius 3 is 2.94 bits per heavy atom. The third-order valence-electron chi connectivity index (χ3n) is 3.96. The molecule has 2 aliphatic rings. The van der Waals surface area contributed by atoms with Gasteiger partial charge in [0.15, 0.2) is 0 Å². The lowest BCUT2D eigenvalue weighted by molar-refractivity contribution is -0.140. The van der Waals surface area contributed by atoms with Gasteiger partial charge in [0.1, 0.15) is 11.8 Å². The highest BCUT2D eigenvalue weighted by Gasteiger charge is 2.59. The van der Waals surface area contributed by atoms with Gasteiger partial charge in [0.05, 0.1) is 12.7 Å². The fourth-order valence-electron chi connectivity index (χ4n) is 2.96. The second kappa shape index (κ2) is 3.78. The van der Waals surface area contributed by atoms with Gasteiger partial charge in [-0.05, 0) is 12.8 Å². The number of hydrogen-bond donors (Lipinski definition) is 3. The smallest absolute Gasteiger partial charge is 0.330 e. The highest BCUT2D eigenvalue weighted by atomic mass is 16.6. The number of aromatic nitrogens is 2. The van der Waals surface area contributed by atoms with Crippen molar-refractivity contribution >= 4 is 0 Å². The summed E-state index contributed by atoms with van der Waals surface area (Å²) in [6.45, 7) is -0.279. The lowest BCUT2D eigenvalue weighted by Gasteiger charge is -2.29. The van der Waals surface area contributed by atoms with Crippen molar-refractivity contribution in [3.05, 3.63) is 33.1 Å². The topological polar surface area (TPSA) is 105 Å². The summed E-state index contributed by atoms with van der Waals surface area (Å²) < 4.78 is 6.91. The van der Waals surface area contributed by atoms with Crippen LogP contribution in [-0.2, 0) is 4.74 Å². The minimum Gasteiger partial charge on any atom is -0.393 e. The van der Waals surface area contributed by atoms with Gasteiger partial charge >= 0.3 is 5.69 Å². The molecule has 2 heterocycles. The number of aliphatic hydroxyl groups is 2. The quantitative estimate of drug-likeness (QED) is 0.600. The van der Waals surface area contributed by atoms with Gasteiger partial charge in [-0.2, -0.15) is 0 Å². The Morgan fingerprint density at radius 1 is 1.56 bits per heavy atom. The molecule has 3 N–H and O–H groups in total. The molecule has 0 spiro atoms. The Balaban J connectivity index is 2.01. The Kier molecular flexibility index (Phi) is 2.44. The van der Waals surface area contributed by atoms with Gasteiger partial charge in [0, 0.05) is 18.2 Å². The van der Waals surface area contributed by atoms with Crippen molar-refractivity contribution in [2.75, 3.05) is 6.61 Å². The van der Waals surface area contributed by atoms with E-state index in [1.807, 2.05) is 0 Å². The second-order valence-electron chi connectivity index (χ2n) is 4.90. The van der Waals surface area contributed by atoms with Crippen molar-refractivity contribution in [2.45, 2.75) is 30.8 Å². The van der Waals surface area contributed by atoms with Crippen LogP contribution in [0.25, 0.3) is 0 Å². The number of hydrogen-bond acceptors (Lipinski definition) is 5. The largest absolute Gasteiger partial charge is 0.393 e. The van der Waals surface area contributed by atoms with Crippen LogP contribution in [0, 0.1) is 5.92 Å². The van der Waals surface area contributed by atoms with Crippen LogP contribution >= 0.6 is 0 Å². The van der Waals surface area contributed by atoms with E-state index in [1.165, 1.54) is 16.8 Å². The van der Waals surface area contributed by atoms with Gasteiger partial charge in [-0.3, -0.25) is 14.3 Å². The molecule has 0 unspecified atom stereocenters. The van der Waals surface area contributed by atoms with Crippen molar-refractivity contribution < 1.29 is 14.9 Å². The fraction of sp³-hybridized carbons (Fsp3) is 0.636. The van der Waals surface area contributed by atoms with Crippen LogP contribution in [0.3, 0.4) is 0 Å². The third kappa shape index (κ3) is 1.41. The molecule has 1 aromatic rings. The van der Waals surface area contributed by atoms with E-state index in [4.69, 9.17) is 4.74 Å². The van der Waals surface area contributed by atoms with E-state index in [0.29, 0.717) is 12.8 Å². The molecule has 7 nitrogen and oxygen atoms in total. The number of rotatable bonds is 2. The summed E-state index contributed by atoms with van der Waals surface area (Å²) in [7, 11) is 0. The summed E-state index contributed by atoms with van der Waals surface area (Å²) in [5, 5.41) is 19.4. The van der Waals surface area contributed by atoms with E-state index in [1.54, 1.807) is 0 Å². The zero-order valence-corrected chi connectivity index (χ0v) is 9.57. The Bertz CT molecular complexity index is 579. The number of nitrogens with one attached hydrogen (secondary N) is 1. The molecule has 2 fully saturated rings. The average molecular weight is 254 g/mol.